The van der Waals surface area contributed by atoms with Crippen molar-refractivity contribution in [3.63, 3.8) is 0 Å². The van der Waals surface area contributed by atoms with Gasteiger partial charge in [-0.2, -0.15) is 0 Å². The number of rotatable bonds is 6. The number of aliphatic hydroxyl groups is 1. The molecule has 0 saturated carbocycles. The number of aryl methyl sites for hydroxylation is 1. The monoisotopic (exact) mass is 381 g/mol. The van der Waals surface area contributed by atoms with Crippen LogP contribution in [0.4, 0.5) is 0 Å². The van der Waals surface area contributed by atoms with Gasteiger partial charge in [0.25, 0.3) is 5.91 Å². The van der Waals surface area contributed by atoms with Crippen molar-refractivity contribution in [2.24, 2.45) is 0 Å². The highest BCUT2D eigenvalue weighted by Crippen LogP contribution is 2.38. The lowest BCUT2D eigenvalue weighted by atomic mass is 9.96. The molecule has 2 aromatic heterocycles. The average Bonchev–Trinajstić information content (AvgIpc) is 3.42. The molecule has 0 aromatic carbocycles. The van der Waals surface area contributed by atoms with Crippen molar-refractivity contribution in [3.8, 4) is 0 Å². The highest BCUT2D eigenvalue weighted by atomic mass is 16.3. The molecule has 7 nitrogen and oxygen atoms in total. The smallest absolute Gasteiger partial charge is 0.290 e. The van der Waals surface area contributed by atoms with Crippen LogP contribution in [0.5, 0.6) is 0 Å². The number of aliphatic hydroxyl groups excluding tert-OH is 1. The lowest BCUT2D eigenvalue weighted by Gasteiger charge is -2.28. The summed E-state index contributed by atoms with van der Waals surface area (Å²) in [6.45, 7) is 4.91. The summed E-state index contributed by atoms with van der Waals surface area (Å²) >= 11 is 0. The fraction of sp³-hybridized carbons (Fsp3) is 0.381. The maximum atomic E-state index is 13.1. The van der Waals surface area contributed by atoms with Crippen LogP contribution < -0.4 is 0 Å². The highest BCUT2D eigenvalue weighted by Gasteiger charge is 2.44. The van der Waals surface area contributed by atoms with Crippen molar-refractivity contribution in [1.29, 1.82) is 0 Å². The number of furan rings is 1. The van der Waals surface area contributed by atoms with Crippen LogP contribution in [0.25, 0.3) is 0 Å². The molecule has 0 radical (unpaired) electrons. The first-order chi connectivity index (χ1) is 13.6. The predicted molar refractivity (Wildman–Crippen MR) is 102 cm³/mol. The fourth-order valence-corrected chi connectivity index (χ4v) is 3.95. The van der Waals surface area contributed by atoms with Crippen molar-refractivity contribution in [3.05, 3.63) is 65.1 Å². The Balaban J connectivity index is 1.68. The van der Waals surface area contributed by atoms with Gasteiger partial charge < -0.3 is 19.3 Å². The molecule has 1 N–H and O–H groups in total. The summed E-state index contributed by atoms with van der Waals surface area (Å²) in [5.41, 5.74) is 0.799. The number of amides is 1. The number of ketones is 1. The van der Waals surface area contributed by atoms with E-state index in [0.717, 1.165) is 31.5 Å². The number of nitrogens with zero attached hydrogens (tertiary/aromatic N) is 3. The summed E-state index contributed by atoms with van der Waals surface area (Å²) in [4.78, 5) is 33.8. The minimum atomic E-state index is -0.656. The number of carbonyl (C=O) groups excluding carboxylic acids is 2. The van der Waals surface area contributed by atoms with Gasteiger partial charge in [0.2, 0.25) is 5.78 Å². The maximum Gasteiger partial charge on any atom is 0.290 e. The summed E-state index contributed by atoms with van der Waals surface area (Å²) in [6, 6.07) is 6.13. The normalized spacial score (nSPS) is 20.4. The number of carbonyl (C=O) groups is 2. The Hall–Kier alpha value is -2.93. The van der Waals surface area contributed by atoms with Gasteiger partial charge in [-0.25, -0.2) is 0 Å². The number of hydrogen-bond acceptors (Lipinski definition) is 6. The van der Waals surface area contributed by atoms with E-state index in [1.807, 2.05) is 0 Å². The number of aromatic nitrogens is 1. The van der Waals surface area contributed by atoms with Crippen molar-refractivity contribution in [2.45, 2.75) is 25.8 Å². The number of hydrogen-bond donors (Lipinski definition) is 1. The third-order valence-electron chi connectivity index (χ3n) is 5.39. The lowest BCUT2D eigenvalue weighted by Crippen LogP contribution is -2.37. The van der Waals surface area contributed by atoms with Crippen LogP contribution in [0.1, 0.15) is 40.8 Å². The number of Topliss-reactive ketones (excluding diaryl/α,β-unsaturated/α-hetero) is 1. The average molecular weight is 381 g/mol. The van der Waals surface area contributed by atoms with Crippen molar-refractivity contribution in [1.82, 2.24) is 14.8 Å². The van der Waals surface area contributed by atoms with Crippen LogP contribution in [-0.4, -0.2) is 57.8 Å². The summed E-state index contributed by atoms with van der Waals surface area (Å²) in [5, 5.41) is 10.6. The van der Waals surface area contributed by atoms with Crippen molar-refractivity contribution >= 4 is 11.7 Å². The molecular formula is C21H23N3O4. The molecule has 4 rings (SSSR count). The Morgan fingerprint density at radius 3 is 2.54 bits per heavy atom. The van der Waals surface area contributed by atoms with Crippen LogP contribution in [0.2, 0.25) is 0 Å². The summed E-state index contributed by atoms with van der Waals surface area (Å²) in [5.74, 6) is -0.772. The molecule has 2 aliphatic rings. The molecule has 1 amide bonds. The number of pyridine rings is 1. The lowest BCUT2D eigenvalue weighted by molar-refractivity contribution is -0.129. The van der Waals surface area contributed by atoms with Gasteiger partial charge in [0.05, 0.1) is 11.6 Å². The molecule has 146 valence electrons. The molecular weight excluding hydrogens is 358 g/mol. The second-order valence-electron chi connectivity index (χ2n) is 7.23. The highest BCUT2D eigenvalue weighted by molar-refractivity contribution is 6.15. The molecule has 2 aromatic rings. The largest absolute Gasteiger partial charge is 0.503 e. The third-order valence-corrected chi connectivity index (χ3v) is 5.39. The predicted octanol–water partition coefficient (Wildman–Crippen LogP) is 2.66. The summed E-state index contributed by atoms with van der Waals surface area (Å²) < 4.78 is 5.46. The first-order valence-corrected chi connectivity index (χ1v) is 9.54. The number of likely N-dealkylation sites (tertiary alicyclic amines) is 1. The van der Waals surface area contributed by atoms with E-state index in [0.29, 0.717) is 18.8 Å². The maximum absolute atomic E-state index is 13.1. The molecule has 28 heavy (non-hydrogen) atoms. The fourth-order valence-electron chi connectivity index (χ4n) is 3.95. The van der Waals surface area contributed by atoms with E-state index in [9.17, 15) is 14.7 Å². The van der Waals surface area contributed by atoms with Crippen molar-refractivity contribution < 1.29 is 19.1 Å². The van der Waals surface area contributed by atoms with Gasteiger partial charge in [-0.15, -0.1) is 0 Å². The Morgan fingerprint density at radius 1 is 1.18 bits per heavy atom. The second kappa shape index (κ2) is 7.59. The van der Waals surface area contributed by atoms with E-state index in [1.165, 1.54) is 0 Å². The Labute approximate surface area is 163 Å². The van der Waals surface area contributed by atoms with Gasteiger partial charge in [0.15, 0.2) is 11.5 Å². The SMILES string of the molecule is Cc1ccc(C(=O)C2=C(O)C(=O)N(CCN3CCCC3)C2c2ccncc2)o1. The van der Waals surface area contributed by atoms with E-state index in [-0.39, 0.29) is 11.3 Å². The second-order valence-corrected chi connectivity index (χ2v) is 7.23. The topological polar surface area (TPSA) is 86.9 Å². The minimum absolute atomic E-state index is 0.0620. The van der Waals surface area contributed by atoms with Crippen LogP contribution in [-0.2, 0) is 4.79 Å². The molecule has 1 saturated heterocycles. The standard InChI is InChI=1S/C21H23N3O4/c1-14-4-5-16(28-14)19(25)17-18(15-6-8-22-9-7-15)24(21(27)20(17)26)13-12-23-10-2-3-11-23/h4-9,18,26H,2-3,10-13H2,1H3. The molecule has 0 bridgehead atoms. The minimum Gasteiger partial charge on any atom is -0.503 e. The zero-order valence-electron chi connectivity index (χ0n) is 15.8. The van der Waals surface area contributed by atoms with Gasteiger partial charge in [-0.3, -0.25) is 14.6 Å². The molecule has 4 heterocycles. The van der Waals surface area contributed by atoms with E-state index in [2.05, 4.69) is 9.88 Å². The van der Waals surface area contributed by atoms with Gasteiger partial charge in [0.1, 0.15) is 5.76 Å². The van der Waals surface area contributed by atoms with Crippen LogP contribution >= 0.6 is 0 Å². The van der Waals surface area contributed by atoms with E-state index >= 15 is 0 Å². The molecule has 0 aliphatic carbocycles. The van der Waals surface area contributed by atoms with Gasteiger partial charge >= 0.3 is 0 Å². The first kappa shape index (κ1) is 18.4. The molecule has 7 heteroatoms. The summed E-state index contributed by atoms with van der Waals surface area (Å²) in [6.07, 6.45) is 5.56. The zero-order valence-corrected chi connectivity index (χ0v) is 15.8. The van der Waals surface area contributed by atoms with Crippen molar-refractivity contribution in [2.75, 3.05) is 26.2 Å². The molecule has 0 spiro atoms. The third kappa shape index (κ3) is 3.33. The van der Waals surface area contributed by atoms with E-state index < -0.39 is 23.5 Å². The quantitative estimate of drug-likeness (QED) is 0.774. The zero-order chi connectivity index (χ0) is 19.7. The van der Waals surface area contributed by atoms with E-state index in [1.54, 1.807) is 48.5 Å². The summed E-state index contributed by atoms with van der Waals surface area (Å²) in [7, 11) is 0. The Bertz CT molecular complexity index is 913. The molecule has 1 atom stereocenters. The first-order valence-electron chi connectivity index (χ1n) is 9.54. The Kier molecular flexibility index (Phi) is 5.00. The molecule has 2 aliphatic heterocycles. The van der Waals surface area contributed by atoms with Crippen LogP contribution in [0, 0.1) is 6.92 Å². The Morgan fingerprint density at radius 2 is 1.89 bits per heavy atom. The van der Waals surface area contributed by atoms with Crippen LogP contribution in [0.3, 0.4) is 0 Å². The van der Waals surface area contributed by atoms with E-state index in [4.69, 9.17) is 4.42 Å². The van der Waals surface area contributed by atoms with Gasteiger partial charge in [0, 0.05) is 25.5 Å². The van der Waals surface area contributed by atoms with Gasteiger partial charge in [-0.1, -0.05) is 0 Å². The molecule has 1 fully saturated rings. The van der Waals surface area contributed by atoms with Gasteiger partial charge in [-0.05, 0) is 62.7 Å². The van der Waals surface area contributed by atoms with Crippen LogP contribution in [0.15, 0.2) is 52.4 Å². The molecule has 1 unspecified atom stereocenters.